The van der Waals surface area contributed by atoms with Gasteiger partial charge in [-0.05, 0) is 62.6 Å². The molecule has 0 saturated carbocycles. The quantitative estimate of drug-likeness (QED) is 0.380. The smallest absolute Gasteiger partial charge is 0.407 e. The average Bonchev–Trinajstić information content (AvgIpc) is 2.78. The standard InChI is InChI=1S/C25H33N3O6/c1-25(2,3)34-24(31)26-16-21(23(30)28(4)5)18-9-13-20(14-10-18)33-19-11-6-17(7-12-19)8-15-22(29)27-32/h6-7,9-14,21,32H,8,15-16H2,1-5H3,(H,26,31)(H,27,29). The Morgan fingerprint density at radius 3 is 2.03 bits per heavy atom. The predicted octanol–water partition coefficient (Wildman–Crippen LogP) is 3.61. The van der Waals surface area contributed by atoms with Crippen LogP contribution in [0.1, 0.15) is 44.2 Å². The molecular formula is C25H33N3O6. The number of benzene rings is 2. The first-order valence-electron chi connectivity index (χ1n) is 11.0. The minimum absolute atomic E-state index is 0.0991. The Hall–Kier alpha value is -3.59. The number of hydroxylamine groups is 1. The largest absolute Gasteiger partial charge is 0.457 e. The van der Waals surface area contributed by atoms with Gasteiger partial charge in [0.25, 0.3) is 0 Å². The van der Waals surface area contributed by atoms with E-state index < -0.39 is 23.5 Å². The Labute approximate surface area is 200 Å². The fourth-order valence-corrected chi connectivity index (χ4v) is 3.10. The summed E-state index contributed by atoms with van der Waals surface area (Å²) in [6.07, 6.45) is 0.109. The van der Waals surface area contributed by atoms with Gasteiger partial charge in [0.2, 0.25) is 11.8 Å². The lowest BCUT2D eigenvalue weighted by Crippen LogP contribution is -2.39. The Bertz CT molecular complexity index is 966. The number of likely N-dealkylation sites (N-methyl/N-ethyl adjacent to an activating group) is 1. The Balaban J connectivity index is 2.04. The first kappa shape index (κ1) is 26.7. The molecule has 0 aliphatic carbocycles. The second kappa shape index (κ2) is 12.0. The Morgan fingerprint density at radius 2 is 1.53 bits per heavy atom. The van der Waals surface area contributed by atoms with Crippen LogP contribution >= 0.6 is 0 Å². The van der Waals surface area contributed by atoms with Gasteiger partial charge >= 0.3 is 6.09 Å². The van der Waals surface area contributed by atoms with E-state index >= 15 is 0 Å². The molecule has 34 heavy (non-hydrogen) atoms. The second-order valence-electron chi connectivity index (χ2n) is 9.02. The number of nitrogens with zero attached hydrogens (tertiary/aromatic N) is 1. The normalized spacial score (nSPS) is 11.8. The van der Waals surface area contributed by atoms with Crippen molar-refractivity contribution in [2.45, 2.75) is 45.1 Å². The summed E-state index contributed by atoms with van der Waals surface area (Å²) in [7, 11) is 3.33. The van der Waals surface area contributed by atoms with Gasteiger partial charge in [0.15, 0.2) is 0 Å². The number of rotatable bonds is 9. The molecule has 1 unspecified atom stereocenters. The van der Waals surface area contributed by atoms with E-state index in [1.54, 1.807) is 76.7 Å². The molecule has 184 valence electrons. The van der Waals surface area contributed by atoms with E-state index in [0.717, 1.165) is 11.1 Å². The molecule has 3 N–H and O–H groups in total. The molecule has 3 amide bonds. The molecule has 0 fully saturated rings. The van der Waals surface area contributed by atoms with Gasteiger partial charge in [0.05, 0.1) is 5.92 Å². The van der Waals surface area contributed by atoms with Gasteiger partial charge in [-0.3, -0.25) is 14.8 Å². The average molecular weight is 472 g/mol. The zero-order chi connectivity index (χ0) is 25.3. The van der Waals surface area contributed by atoms with Crippen LogP contribution in [0, 0.1) is 0 Å². The fourth-order valence-electron chi connectivity index (χ4n) is 3.10. The van der Waals surface area contributed by atoms with Crippen molar-refractivity contribution in [3.8, 4) is 11.5 Å². The molecule has 2 aromatic rings. The van der Waals surface area contributed by atoms with Gasteiger partial charge in [0.1, 0.15) is 17.1 Å². The first-order valence-corrected chi connectivity index (χ1v) is 11.0. The van der Waals surface area contributed by atoms with Crippen LogP contribution in [0.3, 0.4) is 0 Å². The van der Waals surface area contributed by atoms with E-state index in [1.807, 2.05) is 12.1 Å². The van der Waals surface area contributed by atoms with Crippen LogP contribution in [0.2, 0.25) is 0 Å². The molecule has 9 heteroatoms. The maximum atomic E-state index is 12.7. The first-order chi connectivity index (χ1) is 16.0. The monoisotopic (exact) mass is 471 g/mol. The van der Waals surface area contributed by atoms with Crippen molar-refractivity contribution >= 4 is 17.9 Å². The molecule has 2 rings (SSSR count). The maximum absolute atomic E-state index is 12.7. The van der Waals surface area contributed by atoms with Crippen molar-refractivity contribution in [3.63, 3.8) is 0 Å². The summed E-state index contributed by atoms with van der Waals surface area (Å²) in [5, 5.41) is 11.2. The van der Waals surface area contributed by atoms with E-state index in [-0.39, 0.29) is 18.9 Å². The maximum Gasteiger partial charge on any atom is 0.407 e. The summed E-state index contributed by atoms with van der Waals surface area (Å²) in [6, 6.07) is 14.4. The van der Waals surface area contributed by atoms with Gasteiger partial charge in [-0.1, -0.05) is 24.3 Å². The number of carbonyl (C=O) groups excluding carboxylic acids is 3. The number of hydrogen-bond acceptors (Lipinski definition) is 6. The van der Waals surface area contributed by atoms with Crippen LogP contribution in [0.5, 0.6) is 11.5 Å². The van der Waals surface area contributed by atoms with Crippen LogP contribution < -0.4 is 15.5 Å². The lowest BCUT2D eigenvalue weighted by molar-refractivity contribution is -0.130. The van der Waals surface area contributed by atoms with Crippen molar-refractivity contribution in [1.82, 2.24) is 15.7 Å². The highest BCUT2D eigenvalue weighted by Crippen LogP contribution is 2.25. The summed E-state index contributed by atoms with van der Waals surface area (Å²) in [4.78, 5) is 37.4. The Kier molecular flexibility index (Phi) is 9.44. The zero-order valence-corrected chi connectivity index (χ0v) is 20.3. The molecule has 0 radical (unpaired) electrons. The van der Waals surface area contributed by atoms with Crippen molar-refractivity contribution in [2.24, 2.45) is 0 Å². The van der Waals surface area contributed by atoms with Gasteiger partial charge in [-0.15, -0.1) is 0 Å². The highest BCUT2D eigenvalue weighted by atomic mass is 16.6. The fraction of sp³-hybridized carbons (Fsp3) is 0.400. The summed E-state index contributed by atoms with van der Waals surface area (Å²) < 4.78 is 11.1. The summed E-state index contributed by atoms with van der Waals surface area (Å²) in [5.74, 6) is 0.0536. The molecule has 0 aliphatic rings. The minimum atomic E-state index is -0.629. The van der Waals surface area contributed by atoms with Crippen molar-refractivity contribution in [3.05, 3.63) is 59.7 Å². The molecule has 0 spiro atoms. The third kappa shape index (κ3) is 8.74. The van der Waals surface area contributed by atoms with Crippen LogP contribution in [0.15, 0.2) is 48.5 Å². The number of ether oxygens (including phenoxy) is 2. The molecule has 0 saturated heterocycles. The second-order valence-corrected chi connectivity index (χ2v) is 9.02. The van der Waals surface area contributed by atoms with Crippen LogP contribution in [-0.4, -0.2) is 54.3 Å². The predicted molar refractivity (Wildman–Crippen MR) is 127 cm³/mol. The molecule has 0 heterocycles. The number of carbonyl (C=O) groups is 3. The lowest BCUT2D eigenvalue weighted by atomic mass is 9.97. The third-order valence-corrected chi connectivity index (χ3v) is 4.80. The van der Waals surface area contributed by atoms with Crippen molar-refractivity contribution in [2.75, 3.05) is 20.6 Å². The topological polar surface area (TPSA) is 117 Å². The van der Waals surface area contributed by atoms with E-state index in [1.165, 1.54) is 4.90 Å². The van der Waals surface area contributed by atoms with Gasteiger partial charge < -0.3 is 19.7 Å². The molecule has 0 aromatic heterocycles. The molecule has 1 atom stereocenters. The summed E-state index contributed by atoms with van der Waals surface area (Å²) in [6.45, 7) is 5.42. The van der Waals surface area contributed by atoms with Gasteiger partial charge in [-0.25, -0.2) is 10.3 Å². The van der Waals surface area contributed by atoms with Crippen molar-refractivity contribution < 1.29 is 29.1 Å². The minimum Gasteiger partial charge on any atom is -0.457 e. The number of nitrogens with one attached hydrogen (secondary N) is 2. The zero-order valence-electron chi connectivity index (χ0n) is 20.3. The highest BCUT2D eigenvalue weighted by molar-refractivity contribution is 5.84. The molecular weight excluding hydrogens is 438 g/mol. The summed E-state index contributed by atoms with van der Waals surface area (Å²) >= 11 is 0. The third-order valence-electron chi connectivity index (χ3n) is 4.80. The van der Waals surface area contributed by atoms with Crippen LogP contribution in [0.25, 0.3) is 0 Å². The number of amides is 3. The number of alkyl carbamates (subject to hydrolysis) is 1. The SMILES string of the molecule is CN(C)C(=O)C(CNC(=O)OC(C)(C)C)c1ccc(Oc2ccc(CCC(=O)NO)cc2)cc1. The van der Waals surface area contributed by atoms with Crippen LogP contribution in [0.4, 0.5) is 4.79 Å². The molecule has 9 nitrogen and oxygen atoms in total. The number of hydrogen-bond donors (Lipinski definition) is 3. The lowest BCUT2D eigenvalue weighted by Gasteiger charge is -2.23. The highest BCUT2D eigenvalue weighted by Gasteiger charge is 2.24. The van der Waals surface area contributed by atoms with E-state index in [9.17, 15) is 14.4 Å². The van der Waals surface area contributed by atoms with E-state index in [0.29, 0.717) is 17.9 Å². The summed E-state index contributed by atoms with van der Waals surface area (Å²) in [5.41, 5.74) is 2.66. The van der Waals surface area contributed by atoms with Crippen LogP contribution in [-0.2, 0) is 20.7 Å². The van der Waals surface area contributed by atoms with E-state index in [4.69, 9.17) is 14.7 Å². The van der Waals surface area contributed by atoms with E-state index in [2.05, 4.69) is 5.32 Å². The molecule has 2 aromatic carbocycles. The Morgan fingerprint density at radius 1 is 0.971 bits per heavy atom. The molecule has 0 bridgehead atoms. The molecule has 0 aliphatic heterocycles. The van der Waals surface area contributed by atoms with Gasteiger partial charge in [0, 0.05) is 27.1 Å². The number of aryl methyl sites for hydroxylation is 1. The van der Waals surface area contributed by atoms with Gasteiger partial charge in [-0.2, -0.15) is 0 Å². The van der Waals surface area contributed by atoms with Crippen molar-refractivity contribution in [1.29, 1.82) is 0 Å².